The Morgan fingerprint density at radius 3 is 2.69 bits per heavy atom. The van der Waals surface area contributed by atoms with Crippen LogP contribution in [0, 0.1) is 17.6 Å². The fraction of sp³-hybridized carbons (Fsp3) is 0.400. The summed E-state index contributed by atoms with van der Waals surface area (Å²) in [7, 11) is 0. The van der Waals surface area contributed by atoms with Crippen molar-refractivity contribution in [2.24, 2.45) is 5.92 Å². The van der Waals surface area contributed by atoms with Gasteiger partial charge < -0.3 is 15.0 Å². The lowest BCUT2D eigenvalue weighted by Crippen LogP contribution is -2.33. The molecule has 7 nitrogen and oxygen atoms in total. The molecule has 1 fully saturated rings. The number of hydrogen-bond donors (Lipinski definition) is 2. The maximum absolute atomic E-state index is 14.3. The number of benzene rings is 1. The number of Topliss-reactive ketones (excluding diaryl/α,β-unsaturated/α-hetero) is 1. The van der Waals surface area contributed by atoms with Crippen LogP contribution in [0.2, 0.25) is 0 Å². The lowest BCUT2D eigenvalue weighted by Gasteiger charge is -2.20. The molecule has 39 heavy (non-hydrogen) atoms. The zero-order chi connectivity index (χ0) is 28.3. The number of ketones is 1. The molecule has 0 saturated carbocycles. The monoisotopic (exact) mass is 537 g/mol. The fourth-order valence-electron chi connectivity index (χ4n) is 5.08. The number of likely N-dealkylation sites (tertiary alicyclic amines) is 1. The number of aromatic nitrogens is 2. The van der Waals surface area contributed by atoms with E-state index in [2.05, 4.69) is 9.97 Å². The first-order chi connectivity index (χ1) is 18.6. The van der Waals surface area contributed by atoms with Gasteiger partial charge in [-0.05, 0) is 36.8 Å². The summed E-state index contributed by atoms with van der Waals surface area (Å²) < 4.78 is 27.6. The molecule has 2 aromatic heterocycles. The van der Waals surface area contributed by atoms with E-state index in [1.807, 2.05) is 20.8 Å². The quantitative estimate of drug-likeness (QED) is 0.345. The summed E-state index contributed by atoms with van der Waals surface area (Å²) in [6.07, 6.45) is 3.73. The van der Waals surface area contributed by atoms with Gasteiger partial charge >= 0.3 is 0 Å². The van der Waals surface area contributed by atoms with Crippen LogP contribution in [0.3, 0.4) is 0 Å². The van der Waals surface area contributed by atoms with E-state index in [0.717, 1.165) is 25.1 Å². The molecule has 0 aliphatic carbocycles. The van der Waals surface area contributed by atoms with Gasteiger partial charge in [0, 0.05) is 48.3 Å². The van der Waals surface area contributed by atoms with Crippen molar-refractivity contribution in [2.45, 2.75) is 58.8 Å². The minimum Gasteiger partial charge on any atom is -0.506 e. The normalized spacial score (nSPS) is 15.2. The second-order valence-electron chi connectivity index (χ2n) is 10.5. The predicted octanol–water partition coefficient (Wildman–Crippen LogP) is 5.62. The first-order valence-corrected chi connectivity index (χ1v) is 13.3. The van der Waals surface area contributed by atoms with E-state index in [4.69, 9.17) is 0 Å². The highest BCUT2D eigenvalue weighted by Gasteiger charge is 2.34. The van der Waals surface area contributed by atoms with Gasteiger partial charge in [0.05, 0.1) is 11.9 Å². The fourth-order valence-corrected chi connectivity index (χ4v) is 5.08. The van der Waals surface area contributed by atoms with Crippen LogP contribution in [0.5, 0.6) is 5.75 Å². The molecule has 1 atom stereocenters. The zero-order valence-electron chi connectivity index (χ0n) is 22.4. The van der Waals surface area contributed by atoms with Gasteiger partial charge in [-0.1, -0.05) is 45.4 Å². The standard InChI is InChI=1S/C30H33F2N3O4/c1-4-5-9-23-25(19-8-6-7-18(13-19)24(36)12-17(2)3)28(37)26(29(38)34-23)30(39)35-11-10-20(16-35)27-22(32)14-21(31)15-33-27/h6-8,13-15,17,20H,4-5,9-12,16H2,1-3H3,(H2,34,37,38). The van der Waals surface area contributed by atoms with Gasteiger partial charge in [0.1, 0.15) is 22.9 Å². The molecule has 0 bridgehead atoms. The number of rotatable bonds is 9. The Balaban J connectivity index is 1.72. The number of nitrogens with one attached hydrogen (secondary N) is 1. The molecular weight excluding hydrogens is 504 g/mol. The van der Waals surface area contributed by atoms with Crippen molar-refractivity contribution in [2.75, 3.05) is 13.1 Å². The highest BCUT2D eigenvalue weighted by molar-refractivity contribution is 6.00. The molecule has 0 spiro atoms. The third kappa shape index (κ3) is 6.08. The van der Waals surface area contributed by atoms with Crippen LogP contribution in [0.1, 0.15) is 84.5 Å². The maximum atomic E-state index is 14.3. The minimum absolute atomic E-state index is 0.0353. The molecular formula is C30H33F2N3O4. The van der Waals surface area contributed by atoms with Gasteiger partial charge in [-0.25, -0.2) is 8.78 Å². The average molecular weight is 538 g/mol. The van der Waals surface area contributed by atoms with E-state index < -0.39 is 40.3 Å². The van der Waals surface area contributed by atoms with Gasteiger partial charge in [0.15, 0.2) is 5.78 Å². The number of unbranched alkanes of at least 4 members (excludes halogenated alkanes) is 1. The van der Waals surface area contributed by atoms with Gasteiger partial charge in [-0.15, -0.1) is 0 Å². The number of aromatic amines is 1. The lowest BCUT2D eigenvalue weighted by molar-refractivity contribution is 0.0785. The number of nitrogens with zero attached hydrogens (tertiary/aromatic N) is 2. The zero-order valence-corrected chi connectivity index (χ0v) is 22.4. The molecule has 1 aliphatic rings. The van der Waals surface area contributed by atoms with Gasteiger partial charge in [0.25, 0.3) is 11.5 Å². The Kier molecular flexibility index (Phi) is 8.57. The van der Waals surface area contributed by atoms with Crippen LogP contribution < -0.4 is 5.56 Å². The van der Waals surface area contributed by atoms with Gasteiger partial charge in [0.2, 0.25) is 0 Å². The van der Waals surface area contributed by atoms with E-state index in [1.54, 1.807) is 24.3 Å². The Morgan fingerprint density at radius 1 is 1.23 bits per heavy atom. The second kappa shape index (κ2) is 11.9. The van der Waals surface area contributed by atoms with E-state index in [1.165, 1.54) is 4.90 Å². The molecule has 0 radical (unpaired) electrons. The average Bonchev–Trinajstić information content (AvgIpc) is 3.37. The van der Waals surface area contributed by atoms with Crippen molar-refractivity contribution in [1.29, 1.82) is 0 Å². The van der Waals surface area contributed by atoms with Crippen molar-refractivity contribution in [3.8, 4) is 16.9 Å². The molecule has 2 N–H and O–H groups in total. The van der Waals surface area contributed by atoms with Crippen molar-refractivity contribution in [3.05, 3.63) is 81.0 Å². The maximum Gasteiger partial charge on any atom is 0.264 e. The SMILES string of the molecule is CCCCc1[nH]c(=O)c(C(=O)N2CCC(c3ncc(F)cc3F)C2)c(O)c1-c1cccc(C(=O)CC(C)C)c1. The largest absolute Gasteiger partial charge is 0.506 e. The Hall–Kier alpha value is -3.88. The molecule has 4 rings (SSSR count). The van der Waals surface area contributed by atoms with Crippen molar-refractivity contribution >= 4 is 11.7 Å². The predicted molar refractivity (Wildman–Crippen MR) is 144 cm³/mol. The summed E-state index contributed by atoms with van der Waals surface area (Å²) in [5.41, 5.74) is 0.746. The lowest BCUT2D eigenvalue weighted by atomic mass is 9.93. The Bertz CT molecular complexity index is 1450. The third-order valence-electron chi connectivity index (χ3n) is 7.03. The highest BCUT2D eigenvalue weighted by Crippen LogP contribution is 2.36. The molecule has 9 heteroatoms. The number of aromatic hydroxyl groups is 1. The summed E-state index contributed by atoms with van der Waals surface area (Å²) >= 11 is 0. The van der Waals surface area contributed by atoms with Gasteiger partial charge in [-0.2, -0.15) is 0 Å². The number of amides is 1. The number of hydrogen-bond acceptors (Lipinski definition) is 5. The first kappa shape index (κ1) is 28.1. The minimum atomic E-state index is -0.788. The van der Waals surface area contributed by atoms with E-state index in [-0.39, 0.29) is 30.5 Å². The van der Waals surface area contributed by atoms with E-state index in [9.17, 15) is 28.3 Å². The Labute approximate surface area is 225 Å². The molecule has 3 heterocycles. The number of H-pyrrole nitrogens is 1. The van der Waals surface area contributed by atoms with Crippen LogP contribution in [0.15, 0.2) is 41.3 Å². The third-order valence-corrected chi connectivity index (χ3v) is 7.03. The number of aryl methyl sites for hydroxylation is 1. The molecule has 1 amide bonds. The smallest absolute Gasteiger partial charge is 0.264 e. The number of carbonyl (C=O) groups is 2. The summed E-state index contributed by atoms with van der Waals surface area (Å²) in [4.78, 5) is 47.4. The van der Waals surface area contributed by atoms with Crippen LogP contribution >= 0.6 is 0 Å². The molecule has 1 unspecified atom stereocenters. The number of halogens is 2. The summed E-state index contributed by atoms with van der Waals surface area (Å²) in [5, 5.41) is 11.4. The van der Waals surface area contributed by atoms with Crippen LogP contribution in [-0.2, 0) is 6.42 Å². The van der Waals surface area contributed by atoms with E-state index in [0.29, 0.717) is 41.6 Å². The van der Waals surface area contributed by atoms with Crippen LogP contribution in [-0.4, -0.2) is 44.8 Å². The van der Waals surface area contributed by atoms with Crippen molar-refractivity contribution < 1.29 is 23.5 Å². The number of pyridine rings is 2. The molecule has 1 aromatic carbocycles. The first-order valence-electron chi connectivity index (χ1n) is 13.3. The van der Waals surface area contributed by atoms with Crippen LogP contribution in [0.25, 0.3) is 11.1 Å². The van der Waals surface area contributed by atoms with Crippen LogP contribution in [0.4, 0.5) is 8.78 Å². The summed E-state index contributed by atoms with van der Waals surface area (Å²) in [6, 6.07) is 7.59. The highest BCUT2D eigenvalue weighted by atomic mass is 19.1. The van der Waals surface area contributed by atoms with Crippen molar-refractivity contribution in [1.82, 2.24) is 14.9 Å². The Morgan fingerprint density at radius 2 is 2.00 bits per heavy atom. The molecule has 1 saturated heterocycles. The summed E-state index contributed by atoms with van der Waals surface area (Å²) in [6.45, 7) is 6.20. The summed E-state index contributed by atoms with van der Waals surface area (Å²) in [5.74, 6) is -3.04. The van der Waals surface area contributed by atoms with Crippen molar-refractivity contribution in [3.63, 3.8) is 0 Å². The molecule has 206 valence electrons. The number of carbonyl (C=O) groups excluding carboxylic acids is 2. The van der Waals surface area contributed by atoms with Gasteiger partial charge in [-0.3, -0.25) is 19.4 Å². The second-order valence-corrected chi connectivity index (χ2v) is 10.5. The molecule has 1 aliphatic heterocycles. The van der Waals surface area contributed by atoms with E-state index >= 15 is 0 Å². The topological polar surface area (TPSA) is 103 Å². The molecule has 3 aromatic rings.